The molecule has 0 saturated carbocycles. The Kier molecular flexibility index (Phi) is 3.96. The van der Waals surface area contributed by atoms with E-state index in [0.29, 0.717) is 17.1 Å². The lowest BCUT2D eigenvalue weighted by atomic mass is 10.2. The first-order valence-electron chi connectivity index (χ1n) is 4.03. The molecule has 3 nitrogen and oxygen atoms in total. The van der Waals surface area contributed by atoms with Crippen LogP contribution in [0, 0.1) is 11.8 Å². The lowest BCUT2D eigenvalue weighted by Crippen LogP contribution is -2.23. The standard InChI is InChI=1S/C10H9ClN2O/c1-2-3-5-13-10(14)8-7-12-6-4-9(8)11/h4,6-7H,5H2,1H3,(H,13,14). The number of carbonyl (C=O) groups excluding carboxylic acids is 1. The predicted molar refractivity (Wildman–Crippen MR) is 55.0 cm³/mol. The number of rotatable bonds is 2. The number of nitrogens with zero attached hydrogens (tertiary/aromatic N) is 1. The van der Waals surface area contributed by atoms with Gasteiger partial charge in [-0.15, -0.1) is 5.92 Å². The third-order valence-electron chi connectivity index (χ3n) is 1.53. The first kappa shape index (κ1) is 10.6. The summed E-state index contributed by atoms with van der Waals surface area (Å²) >= 11 is 5.80. The van der Waals surface area contributed by atoms with Gasteiger partial charge in [-0.3, -0.25) is 9.78 Å². The number of aromatic nitrogens is 1. The van der Waals surface area contributed by atoms with Crippen LogP contribution < -0.4 is 5.32 Å². The van der Waals surface area contributed by atoms with Gasteiger partial charge in [-0.25, -0.2) is 0 Å². The van der Waals surface area contributed by atoms with Crippen molar-refractivity contribution in [3.05, 3.63) is 29.0 Å². The minimum Gasteiger partial charge on any atom is -0.341 e. The highest BCUT2D eigenvalue weighted by Crippen LogP contribution is 2.12. The van der Waals surface area contributed by atoms with E-state index < -0.39 is 0 Å². The molecule has 14 heavy (non-hydrogen) atoms. The molecule has 1 amide bonds. The highest BCUT2D eigenvalue weighted by Gasteiger charge is 2.08. The molecule has 0 fully saturated rings. The summed E-state index contributed by atoms with van der Waals surface area (Å²) in [6.45, 7) is 2.03. The van der Waals surface area contributed by atoms with Crippen LogP contribution in [0.2, 0.25) is 5.02 Å². The number of amides is 1. The predicted octanol–water partition coefficient (Wildman–Crippen LogP) is 1.49. The van der Waals surface area contributed by atoms with E-state index in [1.54, 1.807) is 13.0 Å². The molecule has 1 aromatic heterocycles. The number of hydrogen-bond acceptors (Lipinski definition) is 2. The fourth-order valence-electron chi connectivity index (χ4n) is 0.853. The molecule has 1 N–H and O–H groups in total. The second-order valence-corrected chi connectivity index (χ2v) is 2.87. The van der Waals surface area contributed by atoms with E-state index in [0.717, 1.165) is 0 Å². The molecular formula is C10H9ClN2O. The molecular weight excluding hydrogens is 200 g/mol. The molecule has 0 radical (unpaired) electrons. The van der Waals surface area contributed by atoms with Crippen LogP contribution in [-0.4, -0.2) is 17.4 Å². The van der Waals surface area contributed by atoms with Crippen LogP contribution in [0.3, 0.4) is 0 Å². The van der Waals surface area contributed by atoms with E-state index in [-0.39, 0.29) is 5.91 Å². The van der Waals surface area contributed by atoms with Gasteiger partial charge >= 0.3 is 0 Å². The summed E-state index contributed by atoms with van der Waals surface area (Å²) in [6.07, 6.45) is 2.96. The summed E-state index contributed by atoms with van der Waals surface area (Å²) in [5.74, 6) is 5.14. The van der Waals surface area contributed by atoms with Gasteiger partial charge in [-0.05, 0) is 13.0 Å². The van der Waals surface area contributed by atoms with Crippen LogP contribution in [0.15, 0.2) is 18.5 Å². The first-order valence-corrected chi connectivity index (χ1v) is 4.41. The summed E-state index contributed by atoms with van der Waals surface area (Å²) in [6, 6.07) is 1.57. The van der Waals surface area contributed by atoms with Crippen molar-refractivity contribution in [2.24, 2.45) is 0 Å². The van der Waals surface area contributed by atoms with Crippen LogP contribution in [0.25, 0.3) is 0 Å². The molecule has 4 heteroatoms. The Morgan fingerprint density at radius 1 is 1.71 bits per heavy atom. The Morgan fingerprint density at radius 2 is 2.50 bits per heavy atom. The molecule has 0 spiro atoms. The Balaban J connectivity index is 2.68. The molecule has 0 unspecified atom stereocenters. The van der Waals surface area contributed by atoms with E-state index in [1.807, 2.05) is 0 Å². The Labute approximate surface area is 87.5 Å². The van der Waals surface area contributed by atoms with Crippen molar-refractivity contribution >= 4 is 17.5 Å². The third kappa shape index (κ3) is 2.75. The normalized spacial score (nSPS) is 8.71. The van der Waals surface area contributed by atoms with E-state index in [9.17, 15) is 4.79 Å². The zero-order valence-corrected chi connectivity index (χ0v) is 8.43. The summed E-state index contributed by atoms with van der Waals surface area (Å²) in [4.78, 5) is 15.3. The second kappa shape index (κ2) is 5.25. The zero-order valence-electron chi connectivity index (χ0n) is 7.67. The summed E-state index contributed by atoms with van der Waals surface area (Å²) < 4.78 is 0. The second-order valence-electron chi connectivity index (χ2n) is 2.46. The first-order chi connectivity index (χ1) is 6.75. The van der Waals surface area contributed by atoms with Crippen molar-refractivity contribution in [3.63, 3.8) is 0 Å². The fraction of sp³-hybridized carbons (Fsp3) is 0.200. The number of halogens is 1. The van der Waals surface area contributed by atoms with E-state index in [4.69, 9.17) is 11.6 Å². The van der Waals surface area contributed by atoms with Gasteiger partial charge in [-0.1, -0.05) is 17.5 Å². The lowest BCUT2D eigenvalue weighted by molar-refractivity contribution is 0.0958. The number of nitrogens with one attached hydrogen (secondary N) is 1. The molecule has 0 aliphatic rings. The van der Waals surface area contributed by atoms with Crippen molar-refractivity contribution in [2.45, 2.75) is 6.92 Å². The summed E-state index contributed by atoms with van der Waals surface area (Å²) in [7, 11) is 0. The Bertz CT molecular complexity index is 393. The maximum Gasteiger partial charge on any atom is 0.255 e. The van der Waals surface area contributed by atoms with Crippen molar-refractivity contribution in [3.8, 4) is 11.8 Å². The maximum absolute atomic E-state index is 11.4. The molecule has 0 bridgehead atoms. The van der Waals surface area contributed by atoms with Gasteiger partial charge in [0.15, 0.2) is 0 Å². The Hall–Kier alpha value is -1.53. The van der Waals surface area contributed by atoms with Gasteiger partial charge in [0.2, 0.25) is 0 Å². The van der Waals surface area contributed by atoms with Gasteiger partial charge in [0, 0.05) is 12.4 Å². The monoisotopic (exact) mass is 208 g/mol. The largest absolute Gasteiger partial charge is 0.341 e. The van der Waals surface area contributed by atoms with Crippen molar-refractivity contribution in [1.29, 1.82) is 0 Å². The summed E-state index contributed by atoms with van der Waals surface area (Å²) in [5, 5.41) is 2.99. The molecule has 0 saturated heterocycles. The topological polar surface area (TPSA) is 42.0 Å². The third-order valence-corrected chi connectivity index (χ3v) is 1.86. The van der Waals surface area contributed by atoms with E-state index >= 15 is 0 Å². The van der Waals surface area contributed by atoms with E-state index in [2.05, 4.69) is 22.1 Å². The van der Waals surface area contributed by atoms with Crippen LogP contribution in [0.4, 0.5) is 0 Å². The molecule has 0 atom stereocenters. The number of hydrogen-bond donors (Lipinski definition) is 1. The van der Waals surface area contributed by atoms with Crippen LogP contribution in [-0.2, 0) is 0 Å². The average Bonchev–Trinajstić information content (AvgIpc) is 2.18. The van der Waals surface area contributed by atoms with Gasteiger partial charge in [-0.2, -0.15) is 0 Å². The minimum absolute atomic E-state index is 0.258. The molecule has 0 aromatic carbocycles. The smallest absolute Gasteiger partial charge is 0.255 e. The zero-order chi connectivity index (χ0) is 10.4. The van der Waals surface area contributed by atoms with Gasteiger partial charge in [0.05, 0.1) is 17.1 Å². The molecule has 1 heterocycles. The fourth-order valence-corrected chi connectivity index (χ4v) is 1.04. The highest BCUT2D eigenvalue weighted by atomic mass is 35.5. The highest BCUT2D eigenvalue weighted by molar-refractivity contribution is 6.33. The van der Waals surface area contributed by atoms with Gasteiger partial charge < -0.3 is 5.32 Å². The SMILES string of the molecule is CC#CCNC(=O)c1cnccc1Cl. The van der Waals surface area contributed by atoms with Crippen molar-refractivity contribution in [2.75, 3.05) is 6.54 Å². The number of carbonyl (C=O) groups is 1. The average molecular weight is 209 g/mol. The Morgan fingerprint density at radius 3 is 3.14 bits per heavy atom. The van der Waals surface area contributed by atoms with Crippen LogP contribution in [0.5, 0.6) is 0 Å². The van der Waals surface area contributed by atoms with Crippen molar-refractivity contribution < 1.29 is 4.79 Å². The lowest BCUT2D eigenvalue weighted by Gasteiger charge is -2.02. The molecule has 72 valence electrons. The number of pyridine rings is 1. The van der Waals surface area contributed by atoms with Gasteiger partial charge in [0.25, 0.3) is 5.91 Å². The van der Waals surface area contributed by atoms with Crippen molar-refractivity contribution in [1.82, 2.24) is 10.3 Å². The van der Waals surface area contributed by atoms with Gasteiger partial charge in [0.1, 0.15) is 0 Å². The molecule has 1 aromatic rings. The van der Waals surface area contributed by atoms with Crippen LogP contribution in [0.1, 0.15) is 17.3 Å². The molecule has 0 aliphatic carbocycles. The summed E-state index contributed by atoms with van der Waals surface area (Å²) in [5.41, 5.74) is 0.368. The van der Waals surface area contributed by atoms with E-state index in [1.165, 1.54) is 12.4 Å². The molecule has 0 aliphatic heterocycles. The molecule has 1 rings (SSSR count). The van der Waals surface area contributed by atoms with Crippen LogP contribution >= 0.6 is 11.6 Å². The maximum atomic E-state index is 11.4. The quantitative estimate of drug-likeness (QED) is 0.749. The minimum atomic E-state index is -0.258.